The van der Waals surface area contributed by atoms with Crippen LogP contribution in [0.1, 0.15) is 17.7 Å². The summed E-state index contributed by atoms with van der Waals surface area (Å²) in [6, 6.07) is 2.07. The number of nitrogens with zero attached hydrogens (tertiary/aromatic N) is 1. The summed E-state index contributed by atoms with van der Waals surface area (Å²) in [5.41, 5.74) is -1.10. The molecular formula is C9H8F3NO2. The quantitative estimate of drug-likeness (QED) is 0.847. The monoisotopic (exact) mass is 219 g/mol. The van der Waals surface area contributed by atoms with Crippen LogP contribution in [0, 0.1) is 0 Å². The smallest absolute Gasteiger partial charge is 0.418 e. The number of pyridine rings is 1. The summed E-state index contributed by atoms with van der Waals surface area (Å²) >= 11 is 0. The fraction of sp³-hybridized carbons (Fsp3) is 0.333. The largest absolute Gasteiger partial charge is 0.481 e. The summed E-state index contributed by atoms with van der Waals surface area (Å²) in [5, 5.41) is 8.36. The maximum absolute atomic E-state index is 12.4. The number of aromatic nitrogens is 1. The van der Waals surface area contributed by atoms with Gasteiger partial charge in [-0.1, -0.05) is 0 Å². The third-order valence-electron chi connectivity index (χ3n) is 1.77. The van der Waals surface area contributed by atoms with E-state index >= 15 is 0 Å². The molecule has 0 aliphatic rings. The van der Waals surface area contributed by atoms with Gasteiger partial charge in [-0.25, -0.2) is 0 Å². The highest BCUT2D eigenvalue weighted by molar-refractivity contribution is 5.67. The Morgan fingerprint density at radius 2 is 2.13 bits per heavy atom. The molecule has 0 bridgehead atoms. The van der Waals surface area contributed by atoms with Crippen molar-refractivity contribution in [1.29, 1.82) is 0 Å². The number of carboxylic acid groups (broad SMARTS) is 1. The first-order valence-corrected chi connectivity index (χ1v) is 4.14. The fourth-order valence-electron chi connectivity index (χ4n) is 1.12. The van der Waals surface area contributed by atoms with Crippen molar-refractivity contribution >= 4 is 5.97 Å². The Morgan fingerprint density at radius 1 is 1.47 bits per heavy atom. The minimum absolute atomic E-state index is 0.217. The van der Waals surface area contributed by atoms with Crippen molar-refractivity contribution < 1.29 is 23.1 Å². The van der Waals surface area contributed by atoms with Crippen molar-refractivity contribution in [3.05, 3.63) is 29.6 Å². The van der Waals surface area contributed by atoms with Gasteiger partial charge in [-0.15, -0.1) is 0 Å². The van der Waals surface area contributed by atoms with Crippen molar-refractivity contribution in [3.63, 3.8) is 0 Å². The highest BCUT2D eigenvalue weighted by atomic mass is 19.4. The van der Waals surface area contributed by atoms with Crippen molar-refractivity contribution in [2.45, 2.75) is 19.0 Å². The van der Waals surface area contributed by atoms with Crippen molar-refractivity contribution in [2.75, 3.05) is 0 Å². The number of halogens is 3. The maximum Gasteiger partial charge on any atom is 0.418 e. The number of aliphatic carboxylic acids is 1. The molecule has 3 nitrogen and oxygen atoms in total. The van der Waals surface area contributed by atoms with Gasteiger partial charge >= 0.3 is 12.1 Å². The first-order chi connectivity index (χ1) is 6.91. The average molecular weight is 219 g/mol. The number of carbonyl (C=O) groups is 1. The van der Waals surface area contributed by atoms with E-state index in [9.17, 15) is 18.0 Å². The van der Waals surface area contributed by atoms with E-state index in [1.807, 2.05) is 0 Å². The minimum atomic E-state index is -4.48. The Kier molecular flexibility index (Phi) is 3.28. The van der Waals surface area contributed by atoms with Crippen molar-refractivity contribution in [2.24, 2.45) is 0 Å². The van der Waals surface area contributed by atoms with Crippen LogP contribution in [0.2, 0.25) is 0 Å². The molecule has 1 heterocycles. The van der Waals surface area contributed by atoms with Crippen LogP contribution >= 0.6 is 0 Å². The number of carboxylic acids is 1. The molecule has 1 N–H and O–H groups in total. The molecule has 6 heteroatoms. The van der Waals surface area contributed by atoms with E-state index in [1.54, 1.807) is 0 Å². The zero-order valence-corrected chi connectivity index (χ0v) is 7.58. The molecule has 0 amide bonds. The van der Waals surface area contributed by atoms with E-state index in [0.717, 1.165) is 6.07 Å². The Hall–Kier alpha value is -1.59. The summed E-state index contributed by atoms with van der Waals surface area (Å²) in [6.07, 6.45) is -3.85. The van der Waals surface area contributed by atoms with Gasteiger partial charge in [0, 0.05) is 12.6 Å². The third kappa shape index (κ3) is 3.23. The van der Waals surface area contributed by atoms with Gasteiger partial charge in [0.1, 0.15) is 0 Å². The van der Waals surface area contributed by atoms with E-state index in [-0.39, 0.29) is 18.5 Å². The first kappa shape index (κ1) is 11.5. The molecule has 0 radical (unpaired) electrons. The van der Waals surface area contributed by atoms with Gasteiger partial charge in [0.15, 0.2) is 0 Å². The topological polar surface area (TPSA) is 50.2 Å². The molecule has 15 heavy (non-hydrogen) atoms. The molecule has 0 saturated heterocycles. The van der Waals surface area contributed by atoms with Gasteiger partial charge in [-0.3, -0.25) is 9.78 Å². The molecule has 0 saturated carbocycles. The standard InChI is InChI=1S/C9H8F3NO2/c10-9(11,12)6-2-1-5-13-7(6)3-4-8(14)15/h1-2,5H,3-4H2,(H,14,15). The van der Waals surface area contributed by atoms with E-state index in [4.69, 9.17) is 5.11 Å². The summed E-state index contributed by atoms with van der Waals surface area (Å²) < 4.78 is 37.2. The molecule has 0 aliphatic heterocycles. The van der Waals surface area contributed by atoms with Crippen LogP contribution in [0.3, 0.4) is 0 Å². The molecule has 0 spiro atoms. The van der Waals surface area contributed by atoms with Gasteiger partial charge in [0.2, 0.25) is 0 Å². The van der Waals surface area contributed by atoms with Gasteiger partial charge in [-0.05, 0) is 12.1 Å². The van der Waals surface area contributed by atoms with Gasteiger partial charge < -0.3 is 5.11 Å². The Balaban J connectivity index is 2.92. The molecule has 0 aromatic carbocycles. The lowest BCUT2D eigenvalue weighted by atomic mass is 10.1. The van der Waals surface area contributed by atoms with Crippen LogP contribution in [0.5, 0.6) is 0 Å². The minimum Gasteiger partial charge on any atom is -0.481 e. The van der Waals surface area contributed by atoms with Crippen LogP contribution < -0.4 is 0 Å². The van der Waals surface area contributed by atoms with Crippen LogP contribution in [-0.2, 0) is 17.4 Å². The number of rotatable bonds is 3. The second kappa shape index (κ2) is 4.29. The molecule has 0 atom stereocenters. The van der Waals surface area contributed by atoms with Crippen molar-refractivity contribution in [3.8, 4) is 0 Å². The second-order valence-electron chi connectivity index (χ2n) is 2.89. The zero-order chi connectivity index (χ0) is 11.5. The zero-order valence-electron chi connectivity index (χ0n) is 7.58. The van der Waals surface area contributed by atoms with Crippen LogP contribution in [0.15, 0.2) is 18.3 Å². The highest BCUT2D eigenvalue weighted by Gasteiger charge is 2.33. The normalized spacial score (nSPS) is 11.4. The maximum atomic E-state index is 12.4. The molecule has 0 unspecified atom stereocenters. The molecule has 82 valence electrons. The summed E-state index contributed by atoms with van der Waals surface area (Å²) in [4.78, 5) is 13.8. The van der Waals surface area contributed by atoms with Crippen molar-refractivity contribution in [1.82, 2.24) is 4.98 Å². The van der Waals surface area contributed by atoms with E-state index in [2.05, 4.69) is 4.98 Å². The van der Waals surface area contributed by atoms with E-state index < -0.39 is 17.7 Å². The van der Waals surface area contributed by atoms with Gasteiger partial charge in [-0.2, -0.15) is 13.2 Å². The summed E-state index contributed by atoms with van der Waals surface area (Å²) in [6.45, 7) is 0. The van der Waals surface area contributed by atoms with Crippen LogP contribution in [0.25, 0.3) is 0 Å². The third-order valence-corrected chi connectivity index (χ3v) is 1.77. The highest BCUT2D eigenvalue weighted by Crippen LogP contribution is 2.31. The fourth-order valence-corrected chi connectivity index (χ4v) is 1.12. The Morgan fingerprint density at radius 3 is 2.67 bits per heavy atom. The Labute approximate surface area is 83.6 Å². The molecule has 0 fully saturated rings. The lowest BCUT2D eigenvalue weighted by Crippen LogP contribution is -2.11. The molecular weight excluding hydrogens is 211 g/mol. The summed E-state index contributed by atoms with van der Waals surface area (Å²) in [7, 11) is 0. The second-order valence-corrected chi connectivity index (χ2v) is 2.89. The molecule has 1 aromatic rings. The molecule has 1 aromatic heterocycles. The number of hydrogen-bond acceptors (Lipinski definition) is 2. The van der Waals surface area contributed by atoms with E-state index in [0.29, 0.717) is 0 Å². The van der Waals surface area contributed by atoms with Crippen LogP contribution in [-0.4, -0.2) is 16.1 Å². The molecule has 0 aliphatic carbocycles. The Bertz CT molecular complexity index is 363. The lowest BCUT2D eigenvalue weighted by molar-refractivity contribution is -0.140. The number of aryl methyl sites for hydroxylation is 1. The predicted octanol–water partition coefficient (Wildman–Crippen LogP) is 2.12. The first-order valence-electron chi connectivity index (χ1n) is 4.14. The average Bonchev–Trinajstić information content (AvgIpc) is 2.13. The number of hydrogen-bond donors (Lipinski definition) is 1. The SMILES string of the molecule is O=C(O)CCc1ncccc1C(F)(F)F. The summed E-state index contributed by atoms with van der Waals surface area (Å²) in [5.74, 6) is -1.14. The van der Waals surface area contributed by atoms with Gasteiger partial charge in [0.05, 0.1) is 17.7 Å². The molecule has 1 rings (SSSR count). The number of alkyl halides is 3. The van der Waals surface area contributed by atoms with Crippen LogP contribution in [0.4, 0.5) is 13.2 Å². The predicted molar refractivity (Wildman–Crippen MR) is 45.2 cm³/mol. The lowest BCUT2D eigenvalue weighted by Gasteiger charge is -2.10. The van der Waals surface area contributed by atoms with E-state index in [1.165, 1.54) is 12.3 Å². The van der Waals surface area contributed by atoms with Gasteiger partial charge in [0.25, 0.3) is 0 Å².